The number of alkyl carbamates (subject to hydrolysis) is 1. The van der Waals surface area contributed by atoms with Crippen molar-refractivity contribution in [2.45, 2.75) is 37.3 Å². The summed E-state index contributed by atoms with van der Waals surface area (Å²) in [6, 6.07) is -2.15. The number of aliphatic carboxylic acids is 1. The maximum atomic E-state index is 11.6. The van der Waals surface area contributed by atoms with Crippen molar-refractivity contribution < 1.29 is 39.2 Å². The predicted molar refractivity (Wildman–Crippen MR) is 89.5 cm³/mol. The van der Waals surface area contributed by atoms with E-state index in [-0.39, 0.29) is 0 Å². The van der Waals surface area contributed by atoms with Gasteiger partial charge in [0, 0.05) is 14.0 Å². The van der Waals surface area contributed by atoms with Crippen LogP contribution in [0, 0.1) is 5.41 Å². The molecule has 1 aliphatic rings. The smallest absolute Gasteiger partial charge is 0.407 e. The highest BCUT2D eigenvalue weighted by Crippen LogP contribution is 2.25. The monoisotopic (exact) mass is 389 g/mol. The van der Waals surface area contributed by atoms with Gasteiger partial charge in [-0.3, -0.25) is 10.2 Å². The molecule has 9 N–H and O–H groups in total. The largest absolute Gasteiger partial charge is 0.477 e. The summed E-state index contributed by atoms with van der Waals surface area (Å²) in [6.07, 6.45) is -4.56. The third-order valence-electron chi connectivity index (χ3n) is 3.58. The molecule has 0 spiro atoms. The van der Waals surface area contributed by atoms with Crippen molar-refractivity contribution in [1.82, 2.24) is 16.0 Å². The Bertz CT molecular complexity index is 625. The Labute approximate surface area is 154 Å². The van der Waals surface area contributed by atoms with Crippen LogP contribution in [-0.4, -0.2) is 83.3 Å². The van der Waals surface area contributed by atoms with Gasteiger partial charge in [-0.05, 0) is 6.08 Å². The van der Waals surface area contributed by atoms with Gasteiger partial charge in [-0.15, -0.1) is 0 Å². The summed E-state index contributed by atoms with van der Waals surface area (Å²) in [7, 11) is 1.25. The molecule has 0 fully saturated rings. The molecule has 2 amide bonds. The summed E-state index contributed by atoms with van der Waals surface area (Å²) < 4.78 is 10.3. The lowest BCUT2D eigenvalue weighted by Crippen LogP contribution is -2.64. The Morgan fingerprint density at radius 3 is 2.48 bits per heavy atom. The molecule has 0 bridgehead atoms. The van der Waals surface area contributed by atoms with Gasteiger partial charge in [0.25, 0.3) is 0 Å². The molecule has 27 heavy (non-hydrogen) atoms. The van der Waals surface area contributed by atoms with Crippen LogP contribution in [0.25, 0.3) is 0 Å². The lowest BCUT2D eigenvalue weighted by atomic mass is 9.92. The van der Waals surface area contributed by atoms with Crippen molar-refractivity contribution in [3.63, 3.8) is 0 Å². The van der Waals surface area contributed by atoms with E-state index in [2.05, 4.69) is 16.0 Å². The fraction of sp³-hybridized carbons (Fsp3) is 0.571. The Hall–Kier alpha value is -3.06. The lowest BCUT2D eigenvalue weighted by molar-refractivity contribution is -0.146. The van der Waals surface area contributed by atoms with Crippen molar-refractivity contribution in [1.29, 1.82) is 5.41 Å². The number of hydrogen-bond acceptors (Lipinski definition) is 8. The van der Waals surface area contributed by atoms with Crippen molar-refractivity contribution in [3.8, 4) is 0 Å². The van der Waals surface area contributed by atoms with Gasteiger partial charge in [0.15, 0.2) is 18.2 Å². The average Bonchev–Trinajstić information content (AvgIpc) is 2.59. The number of guanidine groups is 1. The standard InChI is InChI=1S/C14H23N5O8/c1-5(21)18-9-6(19-13(15)16)3-8(12(23)24)26-11(9)10(7(22)4-20)27-14(25)17-2/h3,6-7,9-11,20,22H,4H2,1-2H3,(H,17,25)(H,18,21)(H,23,24)(H4,15,16,19)/t6-,7+,9+,10+,11+/m0/s1. The van der Waals surface area contributed by atoms with E-state index >= 15 is 0 Å². The highest BCUT2D eigenvalue weighted by molar-refractivity contribution is 5.85. The molecular formula is C14H23N5O8. The third-order valence-corrected chi connectivity index (χ3v) is 3.58. The first-order valence-corrected chi connectivity index (χ1v) is 7.77. The minimum Gasteiger partial charge on any atom is -0.477 e. The Kier molecular flexibility index (Phi) is 7.80. The summed E-state index contributed by atoms with van der Waals surface area (Å²) in [5.41, 5.74) is 5.30. The van der Waals surface area contributed by atoms with Gasteiger partial charge in [0.05, 0.1) is 18.7 Å². The van der Waals surface area contributed by atoms with Crippen LogP contribution in [0.3, 0.4) is 0 Å². The highest BCUT2D eigenvalue weighted by Gasteiger charge is 2.46. The van der Waals surface area contributed by atoms with E-state index in [1.807, 2.05) is 0 Å². The Morgan fingerprint density at radius 1 is 1.41 bits per heavy atom. The van der Waals surface area contributed by atoms with Crippen LogP contribution < -0.4 is 21.7 Å². The van der Waals surface area contributed by atoms with Gasteiger partial charge in [-0.1, -0.05) is 0 Å². The van der Waals surface area contributed by atoms with Gasteiger partial charge >= 0.3 is 12.1 Å². The summed E-state index contributed by atoms with van der Waals surface area (Å²) in [5.74, 6) is -3.14. The summed E-state index contributed by atoms with van der Waals surface area (Å²) in [4.78, 5) is 34.6. The van der Waals surface area contributed by atoms with Crippen molar-refractivity contribution in [2.24, 2.45) is 5.73 Å². The summed E-state index contributed by atoms with van der Waals surface area (Å²) >= 11 is 0. The molecule has 0 unspecified atom stereocenters. The molecule has 0 aliphatic carbocycles. The number of nitrogens with one attached hydrogen (secondary N) is 4. The number of carbonyl (C=O) groups excluding carboxylic acids is 2. The van der Waals surface area contributed by atoms with Crippen LogP contribution in [0.4, 0.5) is 4.79 Å². The number of ether oxygens (including phenoxy) is 2. The first kappa shape index (κ1) is 22.0. The minimum atomic E-state index is -1.66. The third kappa shape index (κ3) is 6.00. The maximum Gasteiger partial charge on any atom is 0.407 e. The van der Waals surface area contributed by atoms with E-state index < -0.39 is 66.7 Å². The molecule has 1 rings (SSSR count). The van der Waals surface area contributed by atoms with E-state index in [1.165, 1.54) is 14.0 Å². The van der Waals surface area contributed by atoms with E-state index in [0.717, 1.165) is 6.08 Å². The second-order valence-electron chi connectivity index (χ2n) is 5.60. The number of hydrogen-bond donors (Lipinski definition) is 8. The van der Waals surface area contributed by atoms with Crippen LogP contribution >= 0.6 is 0 Å². The maximum absolute atomic E-state index is 11.6. The van der Waals surface area contributed by atoms with Crippen LogP contribution in [0.1, 0.15) is 6.92 Å². The molecule has 152 valence electrons. The number of carboxylic acids is 1. The number of nitrogens with two attached hydrogens (primary N) is 1. The zero-order valence-corrected chi connectivity index (χ0v) is 14.6. The molecule has 0 saturated carbocycles. The van der Waals surface area contributed by atoms with Gasteiger partial charge < -0.3 is 46.5 Å². The van der Waals surface area contributed by atoms with Gasteiger partial charge in [-0.2, -0.15) is 0 Å². The number of amides is 2. The van der Waals surface area contributed by atoms with E-state index in [9.17, 15) is 29.7 Å². The molecule has 0 saturated heterocycles. The SMILES string of the molecule is CNC(=O)O[C@@H]([C@@H]1OC(C(=O)O)=C[C@H](NC(=N)N)[C@H]1NC(C)=O)[C@H](O)CO. The molecule has 0 aromatic heterocycles. The van der Waals surface area contributed by atoms with Gasteiger partial charge in [0.1, 0.15) is 6.10 Å². The molecule has 5 atom stereocenters. The second-order valence-corrected chi connectivity index (χ2v) is 5.60. The topological polar surface area (TPSA) is 216 Å². The first-order valence-electron chi connectivity index (χ1n) is 7.77. The molecule has 0 aromatic rings. The van der Waals surface area contributed by atoms with Crippen LogP contribution in [-0.2, 0) is 19.1 Å². The normalized spacial score (nSPS) is 23.7. The number of carbonyl (C=O) groups is 3. The fourth-order valence-electron chi connectivity index (χ4n) is 2.49. The quantitative estimate of drug-likeness (QED) is 0.161. The summed E-state index contributed by atoms with van der Waals surface area (Å²) in [6.45, 7) is 0.334. The molecule has 0 aromatic carbocycles. The lowest BCUT2D eigenvalue weighted by Gasteiger charge is -2.41. The Balaban J connectivity index is 3.38. The number of rotatable bonds is 7. The van der Waals surface area contributed by atoms with Crippen molar-refractivity contribution >= 4 is 23.9 Å². The minimum absolute atomic E-state index is 0.525. The van der Waals surface area contributed by atoms with Gasteiger partial charge in [0.2, 0.25) is 11.7 Å². The predicted octanol–water partition coefficient (Wildman–Crippen LogP) is -3.21. The van der Waals surface area contributed by atoms with E-state index in [4.69, 9.17) is 20.6 Å². The fourth-order valence-corrected chi connectivity index (χ4v) is 2.49. The number of aliphatic hydroxyl groups excluding tert-OH is 2. The highest BCUT2D eigenvalue weighted by atomic mass is 16.6. The van der Waals surface area contributed by atoms with Crippen LogP contribution in [0.2, 0.25) is 0 Å². The zero-order chi connectivity index (χ0) is 20.7. The summed E-state index contributed by atoms with van der Waals surface area (Å²) in [5, 5.41) is 43.0. The average molecular weight is 389 g/mol. The number of carboxylic acid groups (broad SMARTS) is 1. The molecule has 1 aliphatic heterocycles. The first-order chi connectivity index (χ1) is 12.6. The van der Waals surface area contributed by atoms with E-state index in [0.29, 0.717) is 0 Å². The molecular weight excluding hydrogens is 366 g/mol. The molecule has 0 radical (unpaired) electrons. The van der Waals surface area contributed by atoms with Crippen molar-refractivity contribution in [3.05, 3.63) is 11.8 Å². The number of aliphatic hydroxyl groups is 2. The zero-order valence-electron chi connectivity index (χ0n) is 14.6. The van der Waals surface area contributed by atoms with Gasteiger partial charge in [-0.25, -0.2) is 9.59 Å². The van der Waals surface area contributed by atoms with Crippen LogP contribution in [0.5, 0.6) is 0 Å². The Morgan fingerprint density at radius 2 is 2.04 bits per heavy atom. The van der Waals surface area contributed by atoms with Crippen molar-refractivity contribution in [2.75, 3.05) is 13.7 Å². The molecule has 13 nitrogen and oxygen atoms in total. The molecule has 1 heterocycles. The molecule has 13 heteroatoms. The van der Waals surface area contributed by atoms with Crippen LogP contribution in [0.15, 0.2) is 11.8 Å². The second kappa shape index (κ2) is 9.59. The van der Waals surface area contributed by atoms with E-state index in [1.54, 1.807) is 0 Å².